The zero-order chi connectivity index (χ0) is 28.0. The van der Waals surface area contributed by atoms with Crippen molar-refractivity contribution in [3.63, 3.8) is 0 Å². The standard InChI is InChI=1S/C28H22ClF4N7/c29-19-6-10-21(11-7-19)40-25(34)23-24(17-4-8-20(30)9-5-17)35-27(36-26(23)37-40)39-14-12-38(13-15-39)22-3-1-2-18(16-22)28(31,32)33/h1-11,16H,12-15,34H2. The molecule has 0 bridgehead atoms. The van der Waals surface area contributed by atoms with Gasteiger partial charge in [0.1, 0.15) is 11.6 Å². The van der Waals surface area contributed by atoms with Gasteiger partial charge in [0.25, 0.3) is 0 Å². The summed E-state index contributed by atoms with van der Waals surface area (Å²) in [6, 6.07) is 18.3. The summed E-state index contributed by atoms with van der Waals surface area (Å²) in [5.74, 6) is 0.332. The summed E-state index contributed by atoms with van der Waals surface area (Å²) in [5.41, 5.74) is 8.55. The van der Waals surface area contributed by atoms with Gasteiger partial charge in [0.15, 0.2) is 5.65 Å². The molecule has 1 saturated heterocycles. The molecule has 3 heterocycles. The summed E-state index contributed by atoms with van der Waals surface area (Å²) in [4.78, 5) is 13.4. The average Bonchev–Trinajstić information content (AvgIpc) is 3.29. The van der Waals surface area contributed by atoms with Crippen molar-refractivity contribution >= 4 is 40.1 Å². The first-order valence-electron chi connectivity index (χ1n) is 12.4. The van der Waals surface area contributed by atoms with Gasteiger partial charge in [0.2, 0.25) is 5.95 Å². The first kappa shape index (κ1) is 25.9. The minimum Gasteiger partial charge on any atom is -0.383 e. The van der Waals surface area contributed by atoms with Gasteiger partial charge in [-0.3, -0.25) is 0 Å². The van der Waals surface area contributed by atoms with Crippen LogP contribution in [0, 0.1) is 5.82 Å². The number of halogens is 5. The van der Waals surface area contributed by atoms with E-state index >= 15 is 0 Å². The third-order valence-electron chi connectivity index (χ3n) is 6.85. The minimum absolute atomic E-state index is 0.317. The van der Waals surface area contributed by atoms with Crippen molar-refractivity contribution in [2.24, 2.45) is 0 Å². The van der Waals surface area contributed by atoms with Crippen LogP contribution < -0.4 is 15.5 Å². The van der Waals surface area contributed by atoms with Crippen LogP contribution in [-0.2, 0) is 6.18 Å². The highest BCUT2D eigenvalue weighted by Gasteiger charge is 2.31. The summed E-state index contributed by atoms with van der Waals surface area (Å²) in [6.07, 6.45) is -4.41. The number of fused-ring (bicyclic) bond motifs is 1. The number of alkyl halides is 3. The van der Waals surface area contributed by atoms with Crippen LogP contribution in [0.1, 0.15) is 5.56 Å². The Morgan fingerprint density at radius 3 is 2.15 bits per heavy atom. The maximum atomic E-state index is 13.7. The number of nitrogens with two attached hydrogens (primary N) is 1. The molecule has 1 aliphatic rings. The van der Waals surface area contributed by atoms with E-state index in [-0.39, 0.29) is 5.82 Å². The van der Waals surface area contributed by atoms with Crippen LogP contribution in [0.4, 0.5) is 35.0 Å². The molecular formula is C28H22ClF4N7. The molecule has 1 fully saturated rings. The molecule has 5 aromatic rings. The number of rotatable bonds is 4. The van der Waals surface area contributed by atoms with Crippen LogP contribution in [0.3, 0.4) is 0 Å². The highest BCUT2D eigenvalue weighted by atomic mass is 35.5. The largest absolute Gasteiger partial charge is 0.416 e. The lowest BCUT2D eigenvalue weighted by Gasteiger charge is -2.36. The number of aromatic nitrogens is 4. The molecule has 0 spiro atoms. The lowest BCUT2D eigenvalue weighted by Crippen LogP contribution is -2.47. The number of nitrogens with zero attached hydrogens (tertiary/aromatic N) is 6. The number of hydrogen-bond donors (Lipinski definition) is 1. The van der Waals surface area contributed by atoms with Crippen molar-refractivity contribution in [2.75, 3.05) is 41.7 Å². The number of benzene rings is 3. The van der Waals surface area contributed by atoms with Gasteiger partial charge in [-0.25, -0.2) is 14.1 Å². The molecule has 2 N–H and O–H groups in total. The monoisotopic (exact) mass is 567 g/mol. The molecule has 3 aromatic carbocycles. The van der Waals surface area contributed by atoms with E-state index in [0.717, 1.165) is 12.1 Å². The molecule has 1 aliphatic heterocycles. The van der Waals surface area contributed by atoms with Crippen LogP contribution in [0.15, 0.2) is 72.8 Å². The van der Waals surface area contributed by atoms with Crippen molar-refractivity contribution in [1.29, 1.82) is 0 Å². The Morgan fingerprint density at radius 1 is 0.800 bits per heavy atom. The van der Waals surface area contributed by atoms with E-state index in [0.29, 0.717) is 76.6 Å². The van der Waals surface area contributed by atoms with Gasteiger partial charge >= 0.3 is 6.18 Å². The molecule has 12 heteroatoms. The zero-order valence-corrected chi connectivity index (χ0v) is 21.7. The van der Waals surface area contributed by atoms with Crippen molar-refractivity contribution in [3.8, 4) is 16.9 Å². The SMILES string of the molecule is Nc1c2c(-c3ccc(F)cc3)nc(N3CCN(c4cccc(C(F)(F)F)c4)CC3)nc2nn1-c1ccc(Cl)cc1. The number of piperazine rings is 1. The van der Waals surface area contributed by atoms with E-state index in [1.807, 2.05) is 9.80 Å². The van der Waals surface area contributed by atoms with Crippen molar-refractivity contribution in [2.45, 2.75) is 6.18 Å². The summed E-state index contributed by atoms with van der Waals surface area (Å²) < 4.78 is 54.9. The average molecular weight is 568 g/mol. The summed E-state index contributed by atoms with van der Waals surface area (Å²) in [7, 11) is 0. The summed E-state index contributed by atoms with van der Waals surface area (Å²) >= 11 is 6.05. The van der Waals surface area contributed by atoms with E-state index in [1.165, 1.54) is 18.2 Å². The zero-order valence-electron chi connectivity index (χ0n) is 20.9. The predicted molar refractivity (Wildman–Crippen MR) is 147 cm³/mol. The molecule has 0 saturated carbocycles. The van der Waals surface area contributed by atoms with Crippen LogP contribution in [0.25, 0.3) is 28.0 Å². The number of anilines is 3. The predicted octanol–water partition coefficient (Wildman–Crippen LogP) is 6.20. The quantitative estimate of drug-likeness (QED) is 0.261. The Hall–Kier alpha value is -4.38. The molecule has 7 nitrogen and oxygen atoms in total. The Bertz CT molecular complexity index is 1680. The van der Waals surface area contributed by atoms with Gasteiger partial charge in [-0.1, -0.05) is 17.7 Å². The van der Waals surface area contributed by atoms with E-state index in [4.69, 9.17) is 27.3 Å². The molecular weight excluding hydrogens is 546 g/mol. The Kier molecular flexibility index (Phi) is 6.46. The molecule has 0 unspecified atom stereocenters. The molecule has 204 valence electrons. The smallest absolute Gasteiger partial charge is 0.383 e. The van der Waals surface area contributed by atoms with Crippen LogP contribution in [0.5, 0.6) is 0 Å². The van der Waals surface area contributed by atoms with Crippen molar-refractivity contribution in [3.05, 3.63) is 89.2 Å². The lowest BCUT2D eigenvalue weighted by molar-refractivity contribution is -0.137. The maximum Gasteiger partial charge on any atom is 0.416 e. The molecule has 40 heavy (non-hydrogen) atoms. The fraction of sp³-hybridized carbons (Fsp3) is 0.179. The third-order valence-corrected chi connectivity index (χ3v) is 7.10. The summed E-state index contributed by atoms with van der Waals surface area (Å²) in [5, 5.41) is 5.73. The van der Waals surface area contributed by atoms with Crippen LogP contribution in [0.2, 0.25) is 5.02 Å². The van der Waals surface area contributed by atoms with Gasteiger partial charge in [0.05, 0.1) is 22.3 Å². The number of hydrogen-bond acceptors (Lipinski definition) is 6. The fourth-order valence-corrected chi connectivity index (χ4v) is 4.91. The topological polar surface area (TPSA) is 76.1 Å². The second kappa shape index (κ2) is 9.98. The van der Waals surface area contributed by atoms with Gasteiger partial charge in [-0.2, -0.15) is 18.2 Å². The fourth-order valence-electron chi connectivity index (χ4n) is 4.78. The minimum atomic E-state index is -4.41. The highest BCUT2D eigenvalue weighted by molar-refractivity contribution is 6.30. The molecule has 0 atom stereocenters. The van der Waals surface area contributed by atoms with Gasteiger partial charge in [0, 0.05) is 42.5 Å². The lowest BCUT2D eigenvalue weighted by atomic mass is 10.1. The van der Waals surface area contributed by atoms with E-state index in [1.54, 1.807) is 47.1 Å². The second-order valence-electron chi connectivity index (χ2n) is 9.37. The molecule has 0 amide bonds. The van der Waals surface area contributed by atoms with E-state index in [9.17, 15) is 17.6 Å². The Balaban J connectivity index is 1.36. The van der Waals surface area contributed by atoms with Crippen molar-refractivity contribution in [1.82, 2.24) is 19.7 Å². The first-order chi connectivity index (χ1) is 19.2. The normalized spacial score (nSPS) is 14.2. The molecule has 0 radical (unpaired) electrons. The third kappa shape index (κ3) is 4.88. The second-order valence-corrected chi connectivity index (χ2v) is 9.81. The van der Waals surface area contributed by atoms with Gasteiger partial charge in [-0.05, 0) is 66.7 Å². The summed E-state index contributed by atoms with van der Waals surface area (Å²) in [6.45, 7) is 1.88. The molecule has 0 aliphatic carbocycles. The molecule has 2 aromatic heterocycles. The first-order valence-corrected chi connectivity index (χ1v) is 12.8. The maximum absolute atomic E-state index is 13.7. The van der Waals surface area contributed by atoms with Crippen molar-refractivity contribution < 1.29 is 17.6 Å². The van der Waals surface area contributed by atoms with Gasteiger partial charge < -0.3 is 15.5 Å². The van der Waals surface area contributed by atoms with E-state index < -0.39 is 11.7 Å². The van der Waals surface area contributed by atoms with Crippen LogP contribution >= 0.6 is 11.6 Å². The number of nitrogen functional groups attached to an aromatic ring is 1. The van der Waals surface area contributed by atoms with Gasteiger partial charge in [-0.15, -0.1) is 5.10 Å². The Morgan fingerprint density at radius 2 is 1.48 bits per heavy atom. The highest BCUT2D eigenvalue weighted by Crippen LogP contribution is 2.35. The Labute approximate surface area is 231 Å². The van der Waals surface area contributed by atoms with E-state index in [2.05, 4.69) is 5.10 Å². The van der Waals surface area contributed by atoms with Crippen LogP contribution in [-0.4, -0.2) is 45.9 Å². The molecule has 6 rings (SSSR count).